The van der Waals surface area contributed by atoms with Crippen molar-refractivity contribution in [3.63, 3.8) is 0 Å². The summed E-state index contributed by atoms with van der Waals surface area (Å²) in [5, 5.41) is 4.17. The lowest BCUT2D eigenvalue weighted by Crippen LogP contribution is -2.46. The van der Waals surface area contributed by atoms with E-state index in [0.717, 1.165) is 50.4 Å². The number of benzene rings is 1. The van der Waals surface area contributed by atoms with Crippen LogP contribution in [0.15, 0.2) is 24.3 Å². The Morgan fingerprint density at radius 1 is 1.19 bits per heavy atom. The molecule has 0 bridgehead atoms. The lowest BCUT2D eigenvalue weighted by molar-refractivity contribution is 0.186. The Hall–Kier alpha value is -2.30. The van der Waals surface area contributed by atoms with Gasteiger partial charge in [-0.05, 0) is 42.9 Å². The summed E-state index contributed by atoms with van der Waals surface area (Å²) in [5.74, 6) is 1.53. The van der Waals surface area contributed by atoms with Gasteiger partial charge in [0, 0.05) is 37.6 Å². The van der Waals surface area contributed by atoms with Crippen LogP contribution in [0.3, 0.4) is 0 Å². The zero-order chi connectivity index (χ0) is 18.3. The summed E-state index contributed by atoms with van der Waals surface area (Å²) in [4.78, 5) is 21.3. The predicted octanol–water partition coefficient (Wildman–Crippen LogP) is 3.66. The number of amides is 2. The third-order valence-electron chi connectivity index (χ3n) is 5.81. The molecule has 2 aliphatic heterocycles. The molecule has 2 aromatic rings. The van der Waals surface area contributed by atoms with E-state index >= 15 is 0 Å². The van der Waals surface area contributed by atoms with Crippen LogP contribution in [0.25, 0.3) is 10.9 Å². The highest BCUT2D eigenvalue weighted by molar-refractivity contribution is 5.87. The topological polar surface area (TPSA) is 48.5 Å². The molecule has 2 aliphatic rings. The molecule has 0 unspecified atom stereocenters. The van der Waals surface area contributed by atoms with Gasteiger partial charge in [0.2, 0.25) is 0 Å². The smallest absolute Gasteiger partial charge is 0.317 e. The maximum Gasteiger partial charge on any atom is 0.317 e. The Kier molecular flexibility index (Phi) is 4.47. The summed E-state index contributed by atoms with van der Waals surface area (Å²) in [5.41, 5.74) is 3.74. The minimum absolute atomic E-state index is 0.102. The van der Waals surface area contributed by atoms with E-state index in [1.165, 1.54) is 16.5 Å². The molecule has 138 valence electrons. The van der Waals surface area contributed by atoms with Crippen LogP contribution >= 0.6 is 0 Å². The molecule has 2 saturated heterocycles. The van der Waals surface area contributed by atoms with E-state index in [9.17, 15) is 4.79 Å². The molecule has 0 aliphatic carbocycles. The van der Waals surface area contributed by atoms with Crippen molar-refractivity contribution in [3.05, 3.63) is 35.4 Å². The third kappa shape index (κ3) is 3.00. The normalized spacial score (nSPS) is 18.8. The van der Waals surface area contributed by atoms with Gasteiger partial charge in [0.1, 0.15) is 5.82 Å². The lowest BCUT2D eigenvalue weighted by Gasteiger charge is -2.37. The quantitative estimate of drug-likeness (QED) is 0.917. The molecule has 4 rings (SSSR count). The molecule has 3 heterocycles. The number of hydrogen-bond donors (Lipinski definition) is 1. The van der Waals surface area contributed by atoms with Crippen LogP contribution in [-0.4, -0.2) is 48.1 Å². The molecule has 1 aromatic carbocycles. The number of aryl methyl sites for hydroxylation is 1. The number of nitrogens with zero attached hydrogens (tertiary/aromatic N) is 3. The predicted molar refractivity (Wildman–Crippen MR) is 106 cm³/mol. The number of anilines is 1. The van der Waals surface area contributed by atoms with Crippen molar-refractivity contribution >= 4 is 22.8 Å². The highest BCUT2D eigenvalue weighted by atomic mass is 16.2. The molecule has 1 N–H and O–H groups in total. The zero-order valence-electron chi connectivity index (χ0n) is 16.0. The van der Waals surface area contributed by atoms with Gasteiger partial charge in [-0.1, -0.05) is 32.0 Å². The summed E-state index contributed by atoms with van der Waals surface area (Å²) < 4.78 is 0. The standard InChI is InChI=1S/C21H28N4O/c1-14(2)17-5-4-6-18-15(3)13-19(23-20(17)18)24-10-7-16(8-11-24)25-12-9-22-21(25)26/h4-6,13-14,16H,7-12H2,1-3H3,(H,22,26). The number of carbonyl (C=O) groups is 1. The van der Waals surface area contributed by atoms with Crippen LogP contribution in [-0.2, 0) is 0 Å². The van der Waals surface area contributed by atoms with Gasteiger partial charge < -0.3 is 15.1 Å². The second-order valence-electron chi connectivity index (χ2n) is 7.84. The highest BCUT2D eigenvalue weighted by Crippen LogP contribution is 2.30. The first kappa shape index (κ1) is 17.1. The van der Waals surface area contributed by atoms with Gasteiger partial charge in [0.15, 0.2) is 0 Å². The number of carbonyl (C=O) groups excluding carboxylic acids is 1. The lowest BCUT2D eigenvalue weighted by atomic mass is 9.97. The van der Waals surface area contributed by atoms with E-state index < -0.39 is 0 Å². The summed E-state index contributed by atoms with van der Waals surface area (Å²) >= 11 is 0. The molecule has 1 aromatic heterocycles. The largest absolute Gasteiger partial charge is 0.356 e. The summed E-state index contributed by atoms with van der Waals surface area (Å²) in [6.45, 7) is 10.2. The van der Waals surface area contributed by atoms with Crippen LogP contribution in [0.4, 0.5) is 10.6 Å². The third-order valence-corrected chi connectivity index (χ3v) is 5.81. The monoisotopic (exact) mass is 352 g/mol. The highest BCUT2D eigenvalue weighted by Gasteiger charge is 2.31. The summed E-state index contributed by atoms with van der Waals surface area (Å²) in [7, 11) is 0. The Morgan fingerprint density at radius 3 is 2.62 bits per heavy atom. The van der Waals surface area contributed by atoms with E-state index in [4.69, 9.17) is 4.98 Å². The van der Waals surface area contributed by atoms with Gasteiger partial charge >= 0.3 is 6.03 Å². The van der Waals surface area contributed by atoms with Crippen LogP contribution in [0, 0.1) is 6.92 Å². The van der Waals surface area contributed by atoms with Gasteiger partial charge in [-0.15, -0.1) is 0 Å². The molecule has 2 amide bonds. The number of nitrogens with one attached hydrogen (secondary N) is 1. The number of rotatable bonds is 3. The molecule has 0 atom stereocenters. The van der Waals surface area contributed by atoms with Gasteiger partial charge in [-0.3, -0.25) is 0 Å². The van der Waals surface area contributed by atoms with E-state index in [2.05, 4.69) is 55.3 Å². The molecule has 0 spiro atoms. The second kappa shape index (κ2) is 6.78. The van der Waals surface area contributed by atoms with Crippen molar-refractivity contribution < 1.29 is 4.79 Å². The van der Waals surface area contributed by atoms with Gasteiger partial charge in [0.05, 0.1) is 5.52 Å². The number of para-hydroxylation sites is 1. The average molecular weight is 352 g/mol. The van der Waals surface area contributed by atoms with Gasteiger partial charge in [-0.25, -0.2) is 9.78 Å². The van der Waals surface area contributed by atoms with E-state index in [0.29, 0.717) is 12.0 Å². The number of fused-ring (bicyclic) bond motifs is 1. The van der Waals surface area contributed by atoms with Gasteiger partial charge in [-0.2, -0.15) is 0 Å². The zero-order valence-corrected chi connectivity index (χ0v) is 16.0. The van der Waals surface area contributed by atoms with Crippen LogP contribution in [0.2, 0.25) is 0 Å². The van der Waals surface area contributed by atoms with Crippen LogP contribution in [0.1, 0.15) is 43.7 Å². The molecule has 26 heavy (non-hydrogen) atoms. The molecule has 5 nitrogen and oxygen atoms in total. The molecule has 0 radical (unpaired) electrons. The number of urea groups is 1. The number of aromatic nitrogens is 1. The van der Waals surface area contributed by atoms with E-state index in [1.807, 2.05) is 4.90 Å². The van der Waals surface area contributed by atoms with Crippen molar-refractivity contribution in [2.75, 3.05) is 31.1 Å². The van der Waals surface area contributed by atoms with Crippen LogP contribution in [0.5, 0.6) is 0 Å². The van der Waals surface area contributed by atoms with Crippen molar-refractivity contribution in [1.82, 2.24) is 15.2 Å². The Labute approximate surface area is 155 Å². The Morgan fingerprint density at radius 2 is 1.96 bits per heavy atom. The Bertz CT molecular complexity index is 824. The minimum Gasteiger partial charge on any atom is -0.356 e. The number of pyridine rings is 1. The first-order valence-corrected chi connectivity index (χ1v) is 9.74. The maximum atomic E-state index is 11.9. The molecule has 2 fully saturated rings. The first-order chi connectivity index (χ1) is 12.5. The SMILES string of the molecule is Cc1cc(N2CCC(N3CCNC3=O)CC2)nc2c(C(C)C)cccc12. The fourth-order valence-electron chi connectivity index (χ4n) is 4.29. The number of hydrogen-bond acceptors (Lipinski definition) is 3. The average Bonchev–Trinajstić information content (AvgIpc) is 3.07. The minimum atomic E-state index is 0.102. The maximum absolute atomic E-state index is 11.9. The fourth-order valence-corrected chi connectivity index (χ4v) is 4.29. The Balaban J connectivity index is 1.58. The van der Waals surface area contributed by atoms with Crippen molar-refractivity contribution in [3.8, 4) is 0 Å². The first-order valence-electron chi connectivity index (χ1n) is 9.74. The van der Waals surface area contributed by atoms with Crippen LogP contribution < -0.4 is 10.2 Å². The molecular weight excluding hydrogens is 324 g/mol. The van der Waals surface area contributed by atoms with Crippen molar-refractivity contribution in [2.45, 2.75) is 45.6 Å². The van der Waals surface area contributed by atoms with Crippen molar-refractivity contribution in [2.24, 2.45) is 0 Å². The molecule has 0 saturated carbocycles. The summed E-state index contributed by atoms with van der Waals surface area (Å²) in [6.07, 6.45) is 2.02. The molecular formula is C21H28N4O. The van der Waals surface area contributed by atoms with Gasteiger partial charge in [0.25, 0.3) is 0 Å². The van der Waals surface area contributed by atoms with E-state index in [1.54, 1.807) is 0 Å². The fraction of sp³-hybridized carbons (Fsp3) is 0.524. The number of piperidine rings is 1. The van der Waals surface area contributed by atoms with Crippen molar-refractivity contribution in [1.29, 1.82) is 0 Å². The summed E-state index contributed by atoms with van der Waals surface area (Å²) in [6, 6.07) is 9.19. The molecule has 5 heteroatoms. The van der Waals surface area contributed by atoms with E-state index in [-0.39, 0.29) is 6.03 Å². The second-order valence-corrected chi connectivity index (χ2v) is 7.84.